The summed E-state index contributed by atoms with van der Waals surface area (Å²) in [5.74, 6) is 0. The molecule has 0 bridgehead atoms. The van der Waals surface area contributed by atoms with Gasteiger partial charge >= 0.3 is 0 Å². The summed E-state index contributed by atoms with van der Waals surface area (Å²) in [6.07, 6.45) is 7.07. The monoisotopic (exact) mass is 317 g/mol. The first-order valence-electron chi connectivity index (χ1n) is 8.09. The largest absolute Gasteiger partial charge is 0.303 e. The van der Waals surface area contributed by atoms with Crippen LogP contribution in [-0.4, -0.2) is 24.1 Å². The summed E-state index contributed by atoms with van der Waals surface area (Å²) < 4.78 is 3.99. The van der Waals surface area contributed by atoms with Crippen LogP contribution in [-0.2, 0) is 13.5 Å². The number of fused-ring (bicyclic) bond motifs is 1. The lowest BCUT2D eigenvalue weighted by molar-refractivity contribution is 0.770. The summed E-state index contributed by atoms with van der Waals surface area (Å²) in [6, 6.07) is 10.2. The molecule has 0 N–H and O–H groups in total. The van der Waals surface area contributed by atoms with E-state index in [-0.39, 0.29) is 0 Å². The van der Waals surface area contributed by atoms with E-state index >= 15 is 0 Å². The lowest BCUT2D eigenvalue weighted by atomic mass is 10.1. The van der Waals surface area contributed by atoms with Crippen LogP contribution < -0.4 is 0 Å². The molecular weight excluding hydrogens is 298 g/mol. The van der Waals surface area contributed by atoms with Gasteiger partial charge in [0.2, 0.25) is 0 Å². The molecule has 0 saturated carbocycles. The normalized spacial score (nSPS) is 11.3. The van der Waals surface area contributed by atoms with Crippen molar-refractivity contribution in [3.63, 3.8) is 0 Å². The van der Waals surface area contributed by atoms with E-state index in [9.17, 15) is 0 Å². The van der Waals surface area contributed by atoms with Crippen molar-refractivity contribution in [3.05, 3.63) is 60.3 Å². The van der Waals surface area contributed by atoms with Crippen molar-refractivity contribution in [1.82, 2.24) is 24.1 Å². The van der Waals surface area contributed by atoms with E-state index in [2.05, 4.69) is 44.7 Å². The molecule has 4 heterocycles. The molecule has 5 nitrogen and oxygen atoms in total. The molecule has 4 aromatic heterocycles. The molecule has 0 spiro atoms. The van der Waals surface area contributed by atoms with Crippen LogP contribution in [0.25, 0.3) is 28.2 Å². The van der Waals surface area contributed by atoms with E-state index in [1.165, 1.54) is 5.69 Å². The van der Waals surface area contributed by atoms with Crippen LogP contribution in [0.3, 0.4) is 0 Å². The molecule has 0 radical (unpaired) electrons. The average Bonchev–Trinajstić information content (AvgIpc) is 3.17. The van der Waals surface area contributed by atoms with Crippen LogP contribution in [0.1, 0.15) is 18.3 Å². The second kappa shape index (κ2) is 5.60. The highest BCUT2D eigenvalue weighted by Crippen LogP contribution is 2.30. The zero-order valence-electron chi connectivity index (χ0n) is 14.1. The topological polar surface area (TPSA) is 48.0 Å². The van der Waals surface area contributed by atoms with E-state index < -0.39 is 0 Å². The Morgan fingerprint density at radius 2 is 1.96 bits per heavy atom. The van der Waals surface area contributed by atoms with Gasteiger partial charge in [-0.3, -0.25) is 9.67 Å². The lowest BCUT2D eigenvalue weighted by Gasteiger charge is -2.05. The minimum atomic E-state index is 0.895. The first-order valence-corrected chi connectivity index (χ1v) is 8.09. The Morgan fingerprint density at radius 3 is 2.75 bits per heavy atom. The Balaban J connectivity index is 1.91. The molecule has 0 saturated heterocycles. The van der Waals surface area contributed by atoms with E-state index in [1.54, 1.807) is 0 Å². The highest BCUT2D eigenvalue weighted by molar-refractivity contribution is 5.79. The van der Waals surface area contributed by atoms with Gasteiger partial charge in [0.05, 0.1) is 5.69 Å². The SMILES string of the molecule is CCc1cnc2ccc(-c3cn(C)nc3-c3cccc(C)n3)cn12. The second-order valence-corrected chi connectivity index (χ2v) is 5.98. The Kier molecular flexibility index (Phi) is 3.41. The smallest absolute Gasteiger partial charge is 0.136 e. The van der Waals surface area contributed by atoms with Gasteiger partial charge in [0, 0.05) is 48.2 Å². The van der Waals surface area contributed by atoms with Crippen LogP contribution in [0.4, 0.5) is 0 Å². The second-order valence-electron chi connectivity index (χ2n) is 5.98. The van der Waals surface area contributed by atoms with Gasteiger partial charge in [0.15, 0.2) is 0 Å². The molecule has 0 aliphatic heterocycles. The number of hydrogen-bond acceptors (Lipinski definition) is 3. The predicted molar refractivity (Wildman–Crippen MR) is 94.7 cm³/mol. The molecule has 4 rings (SSSR count). The van der Waals surface area contributed by atoms with Crippen LogP contribution >= 0.6 is 0 Å². The molecule has 0 fully saturated rings. The van der Waals surface area contributed by atoms with E-state index in [0.717, 1.165) is 40.3 Å². The summed E-state index contributed by atoms with van der Waals surface area (Å²) in [7, 11) is 1.94. The molecule has 4 aromatic rings. The minimum absolute atomic E-state index is 0.895. The van der Waals surface area contributed by atoms with E-state index in [4.69, 9.17) is 0 Å². The first kappa shape index (κ1) is 14.6. The maximum absolute atomic E-state index is 4.64. The van der Waals surface area contributed by atoms with Crippen LogP contribution in [0.15, 0.2) is 48.9 Å². The fourth-order valence-corrected chi connectivity index (χ4v) is 3.02. The van der Waals surface area contributed by atoms with Crippen LogP contribution in [0.5, 0.6) is 0 Å². The molecule has 24 heavy (non-hydrogen) atoms. The highest BCUT2D eigenvalue weighted by atomic mass is 15.3. The van der Waals surface area contributed by atoms with Crippen molar-refractivity contribution in [2.45, 2.75) is 20.3 Å². The molecule has 0 atom stereocenters. The summed E-state index contributed by atoms with van der Waals surface area (Å²) in [6.45, 7) is 4.14. The average molecular weight is 317 g/mol. The molecule has 0 amide bonds. The first-order chi connectivity index (χ1) is 11.7. The maximum Gasteiger partial charge on any atom is 0.136 e. The van der Waals surface area contributed by atoms with Crippen LogP contribution in [0, 0.1) is 6.92 Å². The molecule has 0 aliphatic rings. The standard InChI is InChI=1S/C19H19N5/c1-4-15-10-20-18-9-8-14(11-24(15)18)16-12-23(3)22-19(16)17-7-5-6-13(2)21-17/h5-12H,4H2,1-3H3. The Morgan fingerprint density at radius 1 is 1.08 bits per heavy atom. The number of pyridine rings is 2. The summed E-state index contributed by atoms with van der Waals surface area (Å²) >= 11 is 0. The maximum atomic E-state index is 4.64. The quantitative estimate of drug-likeness (QED) is 0.579. The van der Waals surface area contributed by atoms with Gasteiger partial charge in [0.25, 0.3) is 0 Å². The van der Waals surface area contributed by atoms with E-state index in [1.807, 2.05) is 49.2 Å². The van der Waals surface area contributed by atoms with Crippen molar-refractivity contribution in [3.8, 4) is 22.5 Å². The number of hydrogen-bond donors (Lipinski definition) is 0. The van der Waals surface area contributed by atoms with Crippen molar-refractivity contribution < 1.29 is 0 Å². The number of imidazole rings is 1. The number of nitrogens with zero attached hydrogens (tertiary/aromatic N) is 5. The predicted octanol–water partition coefficient (Wildman–Crippen LogP) is 3.67. The van der Waals surface area contributed by atoms with Crippen LogP contribution in [0.2, 0.25) is 0 Å². The Bertz CT molecular complexity index is 1030. The van der Waals surface area contributed by atoms with Crippen molar-refractivity contribution >= 4 is 5.65 Å². The van der Waals surface area contributed by atoms with Crippen molar-refractivity contribution in [2.24, 2.45) is 7.05 Å². The molecular formula is C19H19N5. The number of aromatic nitrogens is 5. The van der Waals surface area contributed by atoms with Gasteiger partial charge in [-0.05, 0) is 37.6 Å². The lowest BCUT2D eigenvalue weighted by Crippen LogP contribution is -1.93. The zero-order chi connectivity index (χ0) is 16.7. The Hall–Kier alpha value is -2.95. The third kappa shape index (κ3) is 2.38. The fourth-order valence-electron chi connectivity index (χ4n) is 3.02. The molecule has 0 aromatic carbocycles. The molecule has 0 aliphatic carbocycles. The molecule has 0 unspecified atom stereocenters. The molecule has 120 valence electrons. The summed E-state index contributed by atoms with van der Waals surface area (Å²) in [5.41, 5.74) is 7.14. The minimum Gasteiger partial charge on any atom is -0.303 e. The van der Waals surface area contributed by atoms with Gasteiger partial charge in [0.1, 0.15) is 11.3 Å². The van der Waals surface area contributed by atoms with E-state index in [0.29, 0.717) is 0 Å². The number of aryl methyl sites for hydroxylation is 3. The van der Waals surface area contributed by atoms with Crippen molar-refractivity contribution in [2.75, 3.05) is 0 Å². The fraction of sp³-hybridized carbons (Fsp3) is 0.211. The van der Waals surface area contributed by atoms with Gasteiger partial charge in [-0.15, -0.1) is 0 Å². The zero-order valence-corrected chi connectivity index (χ0v) is 14.1. The third-order valence-electron chi connectivity index (χ3n) is 4.22. The van der Waals surface area contributed by atoms with Gasteiger partial charge in [-0.2, -0.15) is 5.10 Å². The van der Waals surface area contributed by atoms with Gasteiger partial charge < -0.3 is 4.40 Å². The summed E-state index contributed by atoms with van der Waals surface area (Å²) in [4.78, 5) is 9.09. The third-order valence-corrected chi connectivity index (χ3v) is 4.22. The van der Waals surface area contributed by atoms with Gasteiger partial charge in [-0.1, -0.05) is 13.0 Å². The number of rotatable bonds is 3. The highest BCUT2D eigenvalue weighted by Gasteiger charge is 2.14. The van der Waals surface area contributed by atoms with Crippen molar-refractivity contribution in [1.29, 1.82) is 0 Å². The summed E-state index contributed by atoms with van der Waals surface area (Å²) in [5, 5.41) is 4.64. The molecule has 5 heteroatoms. The van der Waals surface area contributed by atoms with Gasteiger partial charge in [-0.25, -0.2) is 4.98 Å². The Labute approximate surface area is 140 Å².